The SMILES string of the molecule is C.C.CC(C)CN.CC(C)CNC(=O)[C@@H](O)CC(C)C.CC(C)CNC(=O)[C@H](CC(C)C)OC(=O)c1cccc(C(=O)O[C@@H](CC(C)C)C(=O)NCC(C)C)c1.CC(C)C[C@H](N)C(=O)O.CC(C)C[C@H](O)C(=O)O.O=C(O)c1cccc(C(=O)O)c1.O=N[O-].O=S(=O)(O)O.[Na+]. The van der Waals surface area contributed by atoms with Crippen molar-refractivity contribution in [2.75, 3.05) is 26.2 Å². The zero-order chi connectivity index (χ0) is 73.4. The number of aliphatic carboxylic acids is 2. The van der Waals surface area contributed by atoms with Crippen LogP contribution < -0.4 is 57.0 Å². The molecule has 0 aliphatic carbocycles. The Balaban J connectivity index is -0.000000147. The number of hydrogen-bond donors (Lipinski definition) is 13. The van der Waals surface area contributed by atoms with E-state index in [0.29, 0.717) is 75.4 Å². The average Bonchev–Trinajstić information content (AvgIpc) is 0.860. The molecule has 15 N–H and O–H groups in total. The Morgan fingerprint density at radius 3 is 0.937 bits per heavy atom. The molecule has 0 saturated heterocycles. The van der Waals surface area contributed by atoms with Crippen LogP contribution in [-0.2, 0) is 43.8 Å². The molecule has 0 unspecified atom stereocenters. The number of aromatic carboxylic acids is 2. The number of carbonyl (C=O) groups excluding carboxylic acids is 5. The van der Waals surface area contributed by atoms with Gasteiger partial charge < -0.3 is 77.6 Å². The minimum Gasteiger partial charge on any atom is -0.480 e. The number of esters is 2. The van der Waals surface area contributed by atoms with Gasteiger partial charge in [0, 0.05) is 19.6 Å². The molecule has 0 heterocycles. The van der Waals surface area contributed by atoms with Crippen molar-refractivity contribution in [2.45, 2.75) is 202 Å². The van der Waals surface area contributed by atoms with Crippen LogP contribution in [0.4, 0.5) is 0 Å². The summed E-state index contributed by atoms with van der Waals surface area (Å²) in [6.45, 7) is 37.9. The maximum absolute atomic E-state index is 12.9. The first-order valence-corrected chi connectivity index (χ1v) is 31.3. The van der Waals surface area contributed by atoms with Crippen LogP contribution in [-0.4, -0.2) is 158 Å². The fraction of sp³-hybridized carbons (Fsp3) is 0.672. The Kier molecular flexibility index (Phi) is 69.4. The first-order chi connectivity index (χ1) is 42.1. The van der Waals surface area contributed by atoms with Gasteiger partial charge in [-0.15, -0.1) is 5.34 Å². The molecule has 5 atom stereocenters. The predicted octanol–water partition coefficient (Wildman–Crippen LogP) is 6.02. The van der Waals surface area contributed by atoms with Crippen LogP contribution in [0, 0.1) is 63.4 Å². The Morgan fingerprint density at radius 2 is 0.726 bits per heavy atom. The van der Waals surface area contributed by atoms with Gasteiger partial charge in [-0.3, -0.25) is 28.3 Å². The molecule has 0 saturated carbocycles. The van der Waals surface area contributed by atoms with Crippen molar-refractivity contribution in [3.05, 3.63) is 80.9 Å². The second-order valence-corrected chi connectivity index (χ2v) is 25.5. The van der Waals surface area contributed by atoms with E-state index in [0.717, 1.165) is 18.0 Å². The van der Waals surface area contributed by atoms with E-state index >= 15 is 0 Å². The van der Waals surface area contributed by atoms with Crippen molar-refractivity contribution in [1.29, 1.82) is 0 Å². The molecule has 0 spiro atoms. The summed E-state index contributed by atoms with van der Waals surface area (Å²) < 4.78 is 42.7. The molecule has 2 rings (SSSR count). The minimum atomic E-state index is -4.67. The van der Waals surface area contributed by atoms with Gasteiger partial charge >= 0.3 is 75.8 Å². The van der Waals surface area contributed by atoms with E-state index in [-0.39, 0.29) is 114 Å². The van der Waals surface area contributed by atoms with E-state index in [4.69, 9.17) is 74.1 Å². The molecule has 3 amide bonds. The van der Waals surface area contributed by atoms with Crippen LogP contribution >= 0.6 is 0 Å². The van der Waals surface area contributed by atoms with E-state index in [1.165, 1.54) is 36.4 Å². The summed E-state index contributed by atoms with van der Waals surface area (Å²) in [6, 6.07) is 10.4. The smallest absolute Gasteiger partial charge is 0.480 e. The third kappa shape index (κ3) is 71.9. The van der Waals surface area contributed by atoms with E-state index in [2.05, 4.69) is 29.8 Å². The van der Waals surface area contributed by atoms with Gasteiger partial charge in [0.15, 0.2) is 18.3 Å². The van der Waals surface area contributed by atoms with Gasteiger partial charge in [-0.25, -0.2) is 24.0 Å². The monoisotopic (exact) mass is 1390 g/mol. The van der Waals surface area contributed by atoms with Gasteiger partial charge in [-0.1, -0.05) is 152 Å². The van der Waals surface area contributed by atoms with Crippen molar-refractivity contribution in [1.82, 2.24) is 16.0 Å². The molecule has 2 aromatic rings. The zero-order valence-corrected chi connectivity index (χ0v) is 60.6. The predicted molar refractivity (Wildman–Crippen MR) is 362 cm³/mol. The summed E-state index contributed by atoms with van der Waals surface area (Å²) >= 11 is 0. The van der Waals surface area contributed by atoms with E-state index in [1.54, 1.807) is 6.07 Å². The summed E-state index contributed by atoms with van der Waals surface area (Å²) in [5, 5.41) is 68.9. The van der Waals surface area contributed by atoms with Gasteiger partial charge in [0.1, 0.15) is 12.1 Å². The molecule has 0 radical (unpaired) electrons. The molecule has 548 valence electrons. The van der Waals surface area contributed by atoms with Crippen LogP contribution in [0.2, 0.25) is 0 Å². The van der Waals surface area contributed by atoms with Crippen LogP contribution in [0.15, 0.2) is 53.9 Å². The molecule has 0 aliphatic heterocycles. The number of nitrogens with zero attached hydrogens (tertiary/aromatic N) is 1. The molecule has 95 heavy (non-hydrogen) atoms. The van der Waals surface area contributed by atoms with Crippen molar-refractivity contribution < 1.29 is 130 Å². The van der Waals surface area contributed by atoms with Gasteiger partial charge in [-0.2, -0.15) is 8.42 Å². The minimum absolute atomic E-state index is 0. The summed E-state index contributed by atoms with van der Waals surface area (Å²) in [7, 11) is -4.67. The summed E-state index contributed by atoms with van der Waals surface area (Å²) in [6.07, 6.45) is -1.75. The number of carbonyl (C=O) groups is 9. The quantitative estimate of drug-likeness (QED) is 0.0152. The number of aliphatic hydroxyl groups excluding tert-OH is 2. The Bertz CT molecular complexity index is 2420. The normalized spacial score (nSPS) is 11.8. The second kappa shape index (κ2) is 61.4. The molecule has 0 fully saturated rings. The second-order valence-electron chi connectivity index (χ2n) is 24.6. The molecule has 0 aliphatic rings. The molecule has 0 bridgehead atoms. The molecular formula is C64H117N6NaO23S. The number of nitrogens with two attached hydrogens (primary N) is 2. The third-order valence-electron chi connectivity index (χ3n) is 10.7. The van der Waals surface area contributed by atoms with E-state index in [1.807, 2.05) is 111 Å². The largest absolute Gasteiger partial charge is 1.00 e. The van der Waals surface area contributed by atoms with Crippen molar-refractivity contribution in [2.24, 2.45) is 70.1 Å². The number of rotatable bonds is 28. The Labute approximate surface area is 586 Å². The van der Waals surface area contributed by atoms with Crippen molar-refractivity contribution in [3.63, 3.8) is 0 Å². The van der Waals surface area contributed by atoms with Gasteiger partial charge in [0.2, 0.25) is 5.91 Å². The number of hydrogen-bond acceptors (Lipinski definition) is 20. The molecule has 29 nitrogen and oxygen atoms in total. The fourth-order valence-corrected chi connectivity index (χ4v) is 6.20. The number of ether oxygens (including phenoxy) is 2. The van der Waals surface area contributed by atoms with E-state index in [9.17, 15) is 48.3 Å². The van der Waals surface area contributed by atoms with Crippen LogP contribution in [0.25, 0.3) is 0 Å². The summed E-state index contributed by atoms with van der Waals surface area (Å²) in [5.74, 6) is -3.83. The standard InChI is InChI=1S/C28H44N2O6.C10H21NO2.C8H6O4.C6H13NO2.C6H12O3.C4H11N.2CH4.HNO2.Na.H2O4S/c1-17(2)12-23(25(31)29-15-19(5)6)35-27(33)21-10-9-11-22(14-21)28(34)36-24(13-18(3)4)26(32)30-16-20(7)8;1-7(2)5-9(12)10(13)11-6-8(3)4;9-7(10)5-2-1-3-6(4-5)8(11)12;2*1-4(2)3-5(7)6(8)9;1-4(2)3-5;;;2-1-3;;1-5(2,3)4/h9-11,14,17-20,23-24H,12-13,15-16H2,1-8H3,(H,29,31)(H,30,32);7-9,12H,5-6H2,1-4H3,(H,11,13);1-4H,(H,9,10)(H,11,12);4-5H,3,7H2,1-2H3,(H,8,9);4-5,7H,3H2,1-2H3,(H,8,9);4H,3,5H2,1-2H3;2*1H4;(H,2,3);;(H2,1,2,3,4)/q;;;;;;;;;+1;/p-1/t23-,24-;9-;;2*5-;;;;;;/m00.00....../s1. The average molecular weight is 1390 g/mol. The topological polar surface area (TPSA) is 509 Å². The van der Waals surface area contributed by atoms with Crippen molar-refractivity contribution >= 4 is 63.9 Å². The Hall–Kier alpha value is -6.22. The maximum Gasteiger partial charge on any atom is 1.00 e. The number of aliphatic hydroxyl groups is 2. The van der Waals surface area contributed by atoms with Gasteiger partial charge in [0.05, 0.1) is 22.3 Å². The van der Waals surface area contributed by atoms with Crippen LogP contribution in [0.5, 0.6) is 0 Å². The van der Waals surface area contributed by atoms with E-state index < -0.39 is 76.7 Å². The molecule has 31 heteroatoms. The van der Waals surface area contributed by atoms with Crippen LogP contribution in [0.1, 0.15) is 213 Å². The third-order valence-corrected chi connectivity index (χ3v) is 10.7. The number of benzene rings is 2. The number of carboxylic acids is 4. The van der Waals surface area contributed by atoms with Crippen molar-refractivity contribution in [3.8, 4) is 0 Å². The van der Waals surface area contributed by atoms with Gasteiger partial charge in [-0.05, 0) is 128 Å². The van der Waals surface area contributed by atoms with Crippen LogP contribution in [0.3, 0.4) is 0 Å². The number of nitrogens with one attached hydrogen (secondary N) is 3. The number of carboxylic acid groups (broad SMARTS) is 4. The summed E-state index contributed by atoms with van der Waals surface area (Å²) in [5.41, 5.74) is 10.6. The maximum atomic E-state index is 12.9. The molecule has 2 aromatic carbocycles. The first-order valence-electron chi connectivity index (χ1n) is 29.9. The van der Waals surface area contributed by atoms with Gasteiger partial charge in [0.25, 0.3) is 11.8 Å². The zero-order valence-electron chi connectivity index (χ0n) is 57.8. The first kappa shape index (κ1) is 107. The number of amides is 3. The molecular weight excluding hydrogens is 1280 g/mol. The fourth-order valence-electron chi connectivity index (χ4n) is 6.20. The summed E-state index contributed by atoms with van der Waals surface area (Å²) in [4.78, 5) is 111. The molecule has 0 aromatic heterocycles. The Morgan fingerprint density at radius 1 is 0.474 bits per heavy atom.